The van der Waals surface area contributed by atoms with E-state index >= 15 is 0 Å². The fourth-order valence-corrected chi connectivity index (χ4v) is 4.44. The standard InChI is InChI=1S/C19H33N3OS/c1-20(2)11-7-13-22(14-8-12-21(3)4)19(23)18-15-16-9-5-6-10-17(16)24-18/h15H,5-14H2,1-4H3. The molecule has 0 fully saturated rings. The van der Waals surface area contributed by atoms with Crippen molar-refractivity contribution in [2.75, 3.05) is 54.4 Å². The molecule has 0 spiro atoms. The van der Waals surface area contributed by atoms with Gasteiger partial charge in [-0.1, -0.05) is 0 Å². The van der Waals surface area contributed by atoms with Crippen LogP contribution in [-0.2, 0) is 12.8 Å². The topological polar surface area (TPSA) is 26.8 Å². The normalized spacial score (nSPS) is 14.2. The summed E-state index contributed by atoms with van der Waals surface area (Å²) in [5.74, 6) is 0.243. The average molecular weight is 352 g/mol. The molecule has 1 heterocycles. The zero-order chi connectivity index (χ0) is 17.5. The summed E-state index contributed by atoms with van der Waals surface area (Å²) >= 11 is 1.74. The third-order valence-corrected chi connectivity index (χ3v) is 5.79. The van der Waals surface area contributed by atoms with Crippen LogP contribution < -0.4 is 0 Å². The Kier molecular flexibility index (Phi) is 7.72. The smallest absolute Gasteiger partial charge is 0.263 e. The zero-order valence-electron chi connectivity index (χ0n) is 15.8. The first kappa shape index (κ1) is 19.4. The van der Waals surface area contributed by atoms with Gasteiger partial charge in [0.25, 0.3) is 5.91 Å². The summed E-state index contributed by atoms with van der Waals surface area (Å²) in [7, 11) is 8.36. The molecule has 0 saturated carbocycles. The van der Waals surface area contributed by atoms with Crippen molar-refractivity contribution < 1.29 is 4.79 Å². The molecule has 2 rings (SSSR count). The molecule has 1 aliphatic rings. The first-order chi connectivity index (χ1) is 11.5. The van der Waals surface area contributed by atoms with Gasteiger partial charge in [0.1, 0.15) is 0 Å². The molecule has 0 aromatic carbocycles. The molecule has 0 bridgehead atoms. The highest BCUT2D eigenvalue weighted by Crippen LogP contribution is 2.30. The van der Waals surface area contributed by atoms with Crippen LogP contribution in [0.4, 0.5) is 0 Å². The van der Waals surface area contributed by atoms with Crippen molar-refractivity contribution >= 4 is 17.2 Å². The Balaban J connectivity index is 2.00. The van der Waals surface area contributed by atoms with E-state index < -0.39 is 0 Å². The van der Waals surface area contributed by atoms with Crippen LogP contribution in [0, 0.1) is 0 Å². The molecule has 4 nitrogen and oxygen atoms in total. The molecule has 0 saturated heterocycles. The van der Waals surface area contributed by atoms with Crippen LogP contribution >= 0.6 is 11.3 Å². The van der Waals surface area contributed by atoms with E-state index in [-0.39, 0.29) is 5.91 Å². The number of nitrogens with zero attached hydrogens (tertiary/aromatic N) is 3. The van der Waals surface area contributed by atoms with Crippen molar-refractivity contribution in [2.24, 2.45) is 0 Å². The summed E-state index contributed by atoms with van der Waals surface area (Å²) in [6, 6.07) is 2.17. The van der Waals surface area contributed by atoms with Crippen LogP contribution in [0.2, 0.25) is 0 Å². The molecule has 0 unspecified atom stereocenters. The largest absolute Gasteiger partial charge is 0.338 e. The predicted molar refractivity (Wildman–Crippen MR) is 103 cm³/mol. The van der Waals surface area contributed by atoms with Gasteiger partial charge in [-0.3, -0.25) is 4.79 Å². The lowest BCUT2D eigenvalue weighted by Gasteiger charge is -2.24. The number of hydrogen-bond donors (Lipinski definition) is 0. The molecule has 1 aromatic rings. The molecular formula is C19H33N3OS. The van der Waals surface area contributed by atoms with Gasteiger partial charge in [0.05, 0.1) is 4.88 Å². The van der Waals surface area contributed by atoms with Gasteiger partial charge in [-0.2, -0.15) is 0 Å². The average Bonchev–Trinajstić information content (AvgIpc) is 2.96. The maximum Gasteiger partial charge on any atom is 0.263 e. The Bertz CT molecular complexity index is 487. The third-order valence-electron chi connectivity index (χ3n) is 4.56. The zero-order valence-corrected chi connectivity index (χ0v) is 16.6. The van der Waals surface area contributed by atoms with Crippen molar-refractivity contribution in [1.29, 1.82) is 0 Å². The van der Waals surface area contributed by atoms with Gasteiger partial charge < -0.3 is 14.7 Å². The second kappa shape index (κ2) is 9.54. The maximum absolute atomic E-state index is 13.0. The van der Waals surface area contributed by atoms with Crippen molar-refractivity contribution in [1.82, 2.24) is 14.7 Å². The van der Waals surface area contributed by atoms with Gasteiger partial charge in [-0.15, -0.1) is 11.3 Å². The number of amides is 1. The highest BCUT2D eigenvalue weighted by Gasteiger charge is 2.21. The Labute approximate surface area is 151 Å². The lowest BCUT2D eigenvalue weighted by Crippen LogP contribution is -2.35. The predicted octanol–water partition coefficient (Wildman–Crippen LogP) is 2.97. The van der Waals surface area contributed by atoms with Crippen molar-refractivity contribution in [3.05, 3.63) is 21.4 Å². The van der Waals surface area contributed by atoms with Crippen LogP contribution in [0.5, 0.6) is 0 Å². The monoisotopic (exact) mass is 351 g/mol. The van der Waals surface area contributed by atoms with E-state index in [0.29, 0.717) is 0 Å². The van der Waals surface area contributed by atoms with Crippen LogP contribution in [0.3, 0.4) is 0 Å². The van der Waals surface area contributed by atoms with Crippen LogP contribution in [0.25, 0.3) is 0 Å². The highest BCUT2D eigenvalue weighted by atomic mass is 32.1. The van der Waals surface area contributed by atoms with Gasteiger partial charge in [-0.05, 0) is 91.4 Å². The fourth-order valence-electron chi connectivity index (χ4n) is 3.22. The molecular weight excluding hydrogens is 318 g/mol. The Hall–Kier alpha value is -0.910. The van der Waals surface area contributed by atoms with E-state index in [1.165, 1.54) is 23.3 Å². The highest BCUT2D eigenvalue weighted by molar-refractivity contribution is 7.14. The van der Waals surface area contributed by atoms with Crippen LogP contribution in [0.15, 0.2) is 6.07 Å². The number of carbonyl (C=O) groups is 1. The number of fused-ring (bicyclic) bond motifs is 1. The van der Waals surface area contributed by atoms with Gasteiger partial charge in [-0.25, -0.2) is 0 Å². The van der Waals surface area contributed by atoms with E-state index in [0.717, 1.165) is 56.7 Å². The molecule has 5 heteroatoms. The first-order valence-electron chi connectivity index (χ1n) is 9.17. The second-order valence-electron chi connectivity index (χ2n) is 7.37. The second-order valence-corrected chi connectivity index (χ2v) is 8.51. The lowest BCUT2D eigenvalue weighted by molar-refractivity contribution is 0.0749. The Morgan fingerprint density at radius 3 is 2.08 bits per heavy atom. The molecule has 1 aromatic heterocycles. The van der Waals surface area contributed by atoms with Crippen molar-refractivity contribution in [2.45, 2.75) is 38.5 Å². The SMILES string of the molecule is CN(C)CCCN(CCCN(C)C)C(=O)c1cc2c(s1)CCCC2. The first-order valence-corrected chi connectivity index (χ1v) is 9.99. The minimum atomic E-state index is 0.243. The summed E-state index contributed by atoms with van der Waals surface area (Å²) in [5, 5.41) is 0. The van der Waals surface area contributed by atoms with E-state index in [2.05, 4.69) is 49.0 Å². The summed E-state index contributed by atoms with van der Waals surface area (Å²) in [4.78, 5) is 21.9. The number of carbonyl (C=O) groups excluding carboxylic acids is 1. The fraction of sp³-hybridized carbons (Fsp3) is 0.737. The molecule has 1 aliphatic carbocycles. The minimum Gasteiger partial charge on any atom is -0.338 e. The Morgan fingerprint density at radius 2 is 1.54 bits per heavy atom. The number of hydrogen-bond acceptors (Lipinski definition) is 4. The van der Waals surface area contributed by atoms with Crippen molar-refractivity contribution in [3.63, 3.8) is 0 Å². The van der Waals surface area contributed by atoms with Gasteiger partial charge in [0.15, 0.2) is 0 Å². The summed E-state index contributed by atoms with van der Waals surface area (Å²) in [5.41, 5.74) is 1.43. The summed E-state index contributed by atoms with van der Waals surface area (Å²) in [6.45, 7) is 3.76. The molecule has 0 N–H and O–H groups in total. The van der Waals surface area contributed by atoms with Crippen LogP contribution in [-0.4, -0.2) is 75.0 Å². The third kappa shape index (κ3) is 5.87. The number of aryl methyl sites for hydroxylation is 2. The molecule has 0 atom stereocenters. The maximum atomic E-state index is 13.0. The molecule has 0 aliphatic heterocycles. The number of rotatable bonds is 9. The molecule has 0 radical (unpaired) electrons. The minimum absolute atomic E-state index is 0.243. The van der Waals surface area contributed by atoms with Gasteiger partial charge >= 0.3 is 0 Å². The van der Waals surface area contributed by atoms with E-state index in [9.17, 15) is 4.79 Å². The van der Waals surface area contributed by atoms with Gasteiger partial charge in [0, 0.05) is 18.0 Å². The van der Waals surface area contributed by atoms with Crippen molar-refractivity contribution in [3.8, 4) is 0 Å². The van der Waals surface area contributed by atoms with E-state index in [1.54, 1.807) is 11.3 Å². The van der Waals surface area contributed by atoms with E-state index in [4.69, 9.17) is 0 Å². The van der Waals surface area contributed by atoms with Gasteiger partial charge in [0.2, 0.25) is 0 Å². The lowest BCUT2D eigenvalue weighted by atomic mass is 9.99. The number of thiophene rings is 1. The molecule has 1 amide bonds. The molecule has 24 heavy (non-hydrogen) atoms. The quantitative estimate of drug-likeness (QED) is 0.684. The summed E-state index contributed by atoms with van der Waals surface area (Å²) < 4.78 is 0. The molecule has 136 valence electrons. The summed E-state index contributed by atoms with van der Waals surface area (Å²) in [6.07, 6.45) is 6.93. The Morgan fingerprint density at radius 1 is 0.958 bits per heavy atom. The van der Waals surface area contributed by atoms with Crippen LogP contribution in [0.1, 0.15) is 45.8 Å². The van der Waals surface area contributed by atoms with E-state index in [1.807, 2.05) is 0 Å².